The summed E-state index contributed by atoms with van der Waals surface area (Å²) in [5.74, 6) is 0. The molecule has 15 heavy (non-hydrogen) atoms. The molecule has 0 rings (SSSR count). The van der Waals surface area contributed by atoms with Gasteiger partial charge in [-0.25, -0.2) is 0 Å². The third-order valence-corrected chi connectivity index (χ3v) is 5.36. The van der Waals surface area contributed by atoms with Crippen LogP contribution in [0.1, 0.15) is 52.4 Å². The van der Waals surface area contributed by atoms with E-state index in [2.05, 4.69) is 38.1 Å². The van der Waals surface area contributed by atoms with Gasteiger partial charge in [0.2, 0.25) is 0 Å². The first-order chi connectivity index (χ1) is 7.02. The Bertz CT molecular complexity index is 130. The van der Waals surface area contributed by atoms with Gasteiger partial charge in [-0.1, -0.05) is 59.2 Å². The van der Waals surface area contributed by atoms with Crippen LogP contribution in [0.3, 0.4) is 0 Å². The summed E-state index contributed by atoms with van der Waals surface area (Å²) in [5.41, 5.74) is 0. The number of rotatable bonds is 9. The first-order valence-electron chi connectivity index (χ1n) is 6.77. The van der Waals surface area contributed by atoms with Gasteiger partial charge >= 0.3 is 0 Å². The Morgan fingerprint density at radius 2 is 1.13 bits per heavy atom. The SMILES string of the molecule is CCCCCN(CCCCC)[Si](C)(C)C. The number of hydrogen-bond acceptors (Lipinski definition) is 1. The molecule has 0 saturated carbocycles. The van der Waals surface area contributed by atoms with Crippen molar-refractivity contribution in [2.75, 3.05) is 13.1 Å². The Hall–Kier alpha value is 0.177. The van der Waals surface area contributed by atoms with Crippen molar-refractivity contribution in [3.05, 3.63) is 0 Å². The van der Waals surface area contributed by atoms with Crippen LogP contribution in [0.25, 0.3) is 0 Å². The fourth-order valence-electron chi connectivity index (χ4n) is 1.89. The van der Waals surface area contributed by atoms with Gasteiger partial charge < -0.3 is 4.57 Å². The largest absolute Gasteiger partial charge is 0.324 e. The molecule has 0 aliphatic rings. The Labute approximate surface area is 98.3 Å². The van der Waals surface area contributed by atoms with Crippen LogP contribution in [0.15, 0.2) is 0 Å². The summed E-state index contributed by atoms with van der Waals surface area (Å²) >= 11 is 0. The summed E-state index contributed by atoms with van der Waals surface area (Å²) in [6, 6.07) is 0. The first-order valence-corrected chi connectivity index (χ1v) is 10.2. The fourth-order valence-corrected chi connectivity index (χ4v) is 3.55. The number of unbranched alkanes of at least 4 members (excludes halogenated alkanes) is 4. The molecule has 0 spiro atoms. The monoisotopic (exact) mass is 229 g/mol. The third-order valence-electron chi connectivity index (χ3n) is 3.01. The third kappa shape index (κ3) is 8.03. The predicted molar refractivity (Wildman–Crippen MR) is 74.0 cm³/mol. The van der Waals surface area contributed by atoms with E-state index in [4.69, 9.17) is 0 Å². The standard InChI is InChI=1S/C13H31NSi/c1-6-8-10-12-14(15(3,4)5)13-11-9-7-2/h6-13H2,1-5H3. The summed E-state index contributed by atoms with van der Waals surface area (Å²) in [7, 11) is -1.05. The van der Waals surface area contributed by atoms with E-state index in [9.17, 15) is 0 Å². The molecule has 0 saturated heterocycles. The van der Waals surface area contributed by atoms with Crippen LogP contribution in [0.5, 0.6) is 0 Å². The van der Waals surface area contributed by atoms with E-state index in [0.717, 1.165) is 0 Å². The van der Waals surface area contributed by atoms with Gasteiger partial charge in [0.25, 0.3) is 0 Å². The van der Waals surface area contributed by atoms with Crippen molar-refractivity contribution in [3.8, 4) is 0 Å². The van der Waals surface area contributed by atoms with Crippen LogP contribution in [0.2, 0.25) is 19.6 Å². The maximum Gasteiger partial charge on any atom is 0.119 e. The highest BCUT2D eigenvalue weighted by molar-refractivity contribution is 6.73. The maximum absolute atomic E-state index is 2.79. The highest BCUT2D eigenvalue weighted by Gasteiger charge is 2.22. The molecule has 0 aliphatic carbocycles. The lowest BCUT2D eigenvalue weighted by Gasteiger charge is -2.34. The predicted octanol–water partition coefficient (Wildman–Crippen LogP) is 4.50. The van der Waals surface area contributed by atoms with E-state index in [1.807, 2.05) is 0 Å². The summed E-state index contributed by atoms with van der Waals surface area (Å²) in [6.45, 7) is 14.7. The smallest absolute Gasteiger partial charge is 0.119 e. The minimum Gasteiger partial charge on any atom is -0.324 e. The lowest BCUT2D eigenvalue weighted by molar-refractivity contribution is 0.394. The minimum absolute atomic E-state index is 1.05. The summed E-state index contributed by atoms with van der Waals surface area (Å²) in [4.78, 5) is 0. The van der Waals surface area contributed by atoms with Crippen LogP contribution in [0.4, 0.5) is 0 Å². The van der Waals surface area contributed by atoms with E-state index < -0.39 is 8.24 Å². The van der Waals surface area contributed by atoms with Crippen molar-refractivity contribution in [1.82, 2.24) is 4.57 Å². The molecule has 0 N–H and O–H groups in total. The average molecular weight is 229 g/mol. The lowest BCUT2D eigenvalue weighted by atomic mass is 10.2. The van der Waals surface area contributed by atoms with Gasteiger partial charge in [0.15, 0.2) is 0 Å². The highest BCUT2D eigenvalue weighted by atomic mass is 28.3. The second-order valence-electron chi connectivity index (χ2n) is 5.57. The van der Waals surface area contributed by atoms with Gasteiger partial charge in [-0.15, -0.1) is 0 Å². The zero-order chi connectivity index (χ0) is 11.7. The second kappa shape index (κ2) is 8.34. The molecule has 0 unspecified atom stereocenters. The Morgan fingerprint density at radius 1 is 0.733 bits per heavy atom. The molecular weight excluding hydrogens is 198 g/mol. The lowest BCUT2D eigenvalue weighted by Crippen LogP contribution is -2.46. The van der Waals surface area contributed by atoms with E-state index in [-0.39, 0.29) is 0 Å². The zero-order valence-electron chi connectivity index (χ0n) is 11.6. The van der Waals surface area contributed by atoms with E-state index in [1.54, 1.807) is 0 Å². The van der Waals surface area contributed by atoms with Crippen LogP contribution < -0.4 is 0 Å². The zero-order valence-corrected chi connectivity index (χ0v) is 12.6. The van der Waals surface area contributed by atoms with Gasteiger partial charge in [0.05, 0.1) is 0 Å². The van der Waals surface area contributed by atoms with Crippen molar-refractivity contribution in [3.63, 3.8) is 0 Å². The molecule has 0 radical (unpaired) electrons. The van der Waals surface area contributed by atoms with E-state index in [1.165, 1.54) is 51.6 Å². The molecular formula is C13H31NSi. The van der Waals surface area contributed by atoms with Crippen LogP contribution in [0, 0.1) is 0 Å². The molecule has 0 aliphatic heterocycles. The highest BCUT2D eigenvalue weighted by Crippen LogP contribution is 2.13. The molecule has 1 nitrogen and oxygen atoms in total. The van der Waals surface area contributed by atoms with Crippen LogP contribution in [-0.4, -0.2) is 25.9 Å². The van der Waals surface area contributed by atoms with Gasteiger partial charge in [-0.2, -0.15) is 0 Å². The summed E-state index contributed by atoms with van der Waals surface area (Å²) in [5, 5.41) is 0. The molecule has 0 aromatic rings. The second-order valence-corrected chi connectivity index (χ2v) is 10.5. The van der Waals surface area contributed by atoms with Crippen molar-refractivity contribution in [1.29, 1.82) is 0 Å². The van der Waals surface area contributed by atoms with Gasteiger partial charge in [-0.3, -0.25) is 0 Å². The maximum atomic E-state index is 2.79. The Balaban J connectivity index is 3.85. The molecule has 92 valence electrons. The first kappa shape index (κ1) is 15.2. The number of hydrogen-bond donors (Lipinski definition) is 0. The molecule has 2 heteroatoms. The molecule has 0 amide bonds. The van der Waals surface area contributed by atoms with Crippen LogP contribution >= 0.6 is 0 Å². The summed E-state index contributed by atoms with van der Waals surface area (Å²) < 4.78 is 2.79. The van der Waals surface area contributed by atoms with Gasteiger partial charge in [-0.05, 0) is 25.9 Å². The molecule has 0 atom stereocenters. The molecule has 0 heterocycles. The van der Waals surface area contributed by atoms with Gasteiger partial charge in [0.1, 0.15) is 8.24 Å². The van der Waals surface area contributed by atoms with Gasteiger partial charge in [0, 0.05) is 0 Å². The molecule has 0 aromatic carbocycles. The van der Waals surface area contributed by atoms with E-state index >= 15 is 0 Å². The van der Waals surface area contributed by atoms with Crippen molar-refractivity contribution < 1.29 is 0 Å². The Morgan fingerprint density at radius 3 is 1.40 bits per heavy atom. The molecule has 0 fully saturated rings. The quantitative estimate of drug-likeness (QED) is 0.415. The molecule has 0 bridgehead atoms. The van der Waals surface area contributed by atoms with Crippen molar-refractivity contribution in [2.45, 2.75) is 72.0 Å². The topological polar surface area (TPSA) is 3.24 Å². The minimum atomic E-state index is -1.05. The van der Waals surface area contributed by atoms with Crippen molar-refractivity contribution in [2.24, 2.45) is 0 Å². The van der Waals surface area contributed by atoms with Crippen LogP contribution in [-0.2, 0) is 0 Å². The average Bonchev–Trinajstić information content (AvgIpc) is 2.14. The Kier molecular flexibility index (Phi) is 8.44. The number of nitrogens with zero attached hydrogens (tertiary/aromatic N) is 1. The molecule has 0 aromatic heterocycles. The summed E-state index contributed by atoms with van der Waals surface area (Å²) in [6.07, 6.45) is 8.27. The van der Waals surface area contributed by atoms with E-state index in [0.29, 0.717) is 0 Å². The van der Waals surface area contributed by atoms with Crippen molar-refractivity contribution >= 4 is 8.24 Å². The fraction of sp³-hybridized carbons (Fsp3) is 1.00. The normalized spacial score (nSPS) is 12.4.